The molecular weight excluding hydrogens is 446 g/mol. The lowest BCUT2D eigenvalue weighted by molar-refractivity contribution is 0.100. The molecule has 0 atom stereocenters. The second-order valence-electron chi connectivity index (χ2n) is 8.68. The molecule has 0 unspecified atom stereocenters. The second-order valence-corrected chi connectivity index (χ2v) is 8.68. The summed E-state index contributed by atoms with van der Waals surface area (Å²) in [5, 5.41) is 0.578. The molecule has 8 heteroatoms. The molecule has 2 amide bonds. The van der Waals surface area contributed by atoms with Gasteiger partial charge in [0.25, 0.3) is 5.91 Å². The molecule has 0 aliphatic carbocycles. The smallest absolute Gasteiger partial charge is 0.414 e. The fourth-order valence-electron chi connectivity index (χ4n) is 3.90. The van der Waals surface area contributed by atoms with Gasteiger partial charge in [0.1, 0.15) is 17.2 Å². The Morgan fingerprint density at radius 1 is 1.00 bits per heavy atom. The molecule has 8 nitrogen and oxygen atoms in total. The number of carbonyl (C=O) groups excluding carboxylic acids is 2. The molecule has 182 valence electrons. The highest BCUT2D eigenvalue weighted by Crippen LogP contribution is 2.37. The Labute approximate surface area is 203 Å². The Morgan fingerprint density at radius 2 is 1.74 bits per heavy atom. The zero-order valence-electron chi connectivity index (χ0n) is 20.3. The Bertz CT molecular complexity index is 1370. The first-order chi connectivity index (χ1) is 16.7. The van der Waals surface area contributed by atoms with Crippen molar-refractivity contribution in [2.45, 2.75) is 26.4 Å². The lowest BCUT2D eigenvalue weighted by Crippen LogP contribution is -2.25. The lowest BCUT2D eigenvalue weighted by Gasteiger charge is -2.14. The van der Waals surface area contributed by atoms with Gasteiger partial charge in [-0.1, -0.05) is 18.2 Å². The SMILES string of the molecule is CC(C)Oc1ccc(CCOc2cc(OC(=O)N(C)C)cc3c2c(C(N)=O)c2ccccn23)cc1. The summed E-state index contributed by atoms with van der Waals surface area (Å²) in [7, 11) is 3.21. The summed E-state index contributed by atoms with van der Waals surface area (Å²) in [6.07, 6.45) is 2.05. The fraction of sp³-hybridized carbons (Fsp3) is 0.259. The van der Waals surface area contributed by atoms with Crippen molar-refractivity contribution < 1.29 is 23.8 Å². The van der Waals surface area contributed by atoms with Crippen LogP contribution in [-0.2, 0) is 6.42 Å². The molecule has 0 aliphatic heterocycles. The Kier molecular flexibility index (Phi) is 6.82. The summed E-state index contributed by atoms with van der Waals surface area (Å²) >= 11 is 0. The average Bonchev–Trinajstić information content (AvgIpc) is 3.14. The van der Waals surface area contributed by atoms with Crippen LogP contribution in [0.2, 0.25) is 0 Å². The summed E-state index contributed by atoms with van der Waals surface area (Å²) in [5.74, 6) is 0.975. The number of amides is 2. The average molecular weight is 476 g/mol. The van der Waals surface area contributed by atoms with E-state index in [1.54, 1.807) is 26.2 Å². The van der Waals surface area contributed by atoms with Gasteiger partial charge in [0, 0.05) is 38.8 Å². The molecule has 0 aliphatic rings. The van der Waals surface area contributed by atoms with Gasteiger partial charge in [0.2, 0.25) is 0 Å². The molecule has 0 spiro atoms. The Balaban J connectivity index is 1.69. The van der Waals surface area contributed by atoms with Crippen LogP contribution in [0.15, 0.2) is 60.8 Å². The maximum absolute atomic E-state index is 12.4. The molecule has 2 heterocycles. The Hall–Kier alpha value is -4.20. The third kappa shape index (κ3) is 5.16. The molecule has 2 aromatic carbocycles. The third-order valence-corrected chi connectivity index (χ3v) is 5.44. The number of ether oxygens (including phenoxy) is 3. The number of hydrogen-bond donors (Lipinski definition) is 1. The molecule has 0 bridgehead atoms. The van der Waals surface area contributed by atoms with Crippen LogP contribution in [0.25, 0.3) is 16.4 Å². The number of pyridine rings is 1. The predicted octanol–water partition coefficient (Wildman–Crippen LogP) is 4.66. The van der Waals surface area contributed by atoms with E-state index in [1.165, 1.54) is 4.90 Å². The van der Waals surface area contributed by atoms with Crippen molar-refractivity contribution in [2.24, 2.45) is 5.73 Å². The molecule has 2 N–H and O–H groups in total. The Morgan fingerprint density at radius 3 is 2.40 bits per heavy atom. The van der Waals surface area contributed by atoms with Crippen LogP contribution in [0.5, 0.6) is 17.2 Å². The monoisotopic (exact) mass is 475 g/mol. The predicted molar refractivity (Wildman–Crippen MR) is 135 cm³/mol. The quantitative estimate of drug-likeness (QED) is 0.400. The van der Waals surface area contributed by atoms with Crippen LogP contribution in [-0.4, -0.2) is 48.1 Å². The van der Waals surface area contributed by atoms with Crippen molar-refractivity contribution in [3.05, 3.63) is 71.9 Å². The van der Waals surface area contributed by atoms with E-state index in [-0.39, 0.29) is 6.10 Å². The lowest BCUT2D eigenvalue weighted by atomic mass is 10.1. The van der Waals surface area contributed by atoms with Gasteiger partial charge in [-0.15, -0.1) is 0 Å². The van der Waals surface area contributed by atoms with Crippen molar-refractivity contribution in [3.63, 3.8) is 0 Å². The highest BCUT2D eigenvalue weighted by Gasteiger charge is 2.22. The summed E-state index contributed by atoms with van der Waals surface area (Å²) in [6, 6.07) is 16.7. The molecule has 4 aromatic rings. The van der Waals surface area contributed by atoms with E-state index in [1.807, 2.05) is 66.9 Å². The maximum atomic E-state index is 12.4. The molecule has 35 heavy (non-hydrogen) atoms. The first kappa shape index (κ1) is 23.9. The number of hydrogen-bond acceptors (Lipinski definition) is 5. The van der Waals surface area contributed by atoms with Gasteiger partial charge in [-0.2, -0.15) is 0 Å². The van der Waals surface area contributed by atoms with E-state index in [2.05, 4.69) is 0 Å². The number of rotatable bonds is 8. The van der Waals surface area contributed by atoms with Gasteiger partial charge >= 0.3 is 6.09 Å². The topological polar surface area (TPSA) is 95.5 Å². The van der Waals surface area contributed by atoms with E-state index in [4.69, 9.17) is 19.9 Å². The molecule has 2 aromatic heterocycles. The van der Waals surface area contributed by atoms with E-state index in [0.717, 1.165) is 11.3 Å². The minimum Gasteiger partial charge on any atom is -0.492 e. The van der Waals surface area contributed by atoms with E-state index >= 15 is 0 Å². The van der Waals surface area contributed by atoms with Gasteiger partial charge in [0.15, 0.2) is 0 Å². The number of nitrogens with two attached hydrogens (primary N) is 1. The van der Waals surface area contributed by atoms with Gasteiger partial charge in [-0.05, 0) is 43.7 Å². The highest BCUT2D eigenvalue weighted by atomic mass is 16.6. The van der Waals surface area contributed by atoms with Gasteiger partial charge in [0.05, 0.1) is 34.7 Å². The molecule has 0 saturated carbocycles. The van der Waals surface area contributed by atoms with Crippen LogP contribution in [0.3, 0.4) is 0 Å². The van der Waals surface area contributed by atoms with Gasteiger partial charge in [-0.3, -0.25) is 4.79 Å². The zero-order valence-corrected chi connectivity index (χ0v) is 20.3. The number of aromatic nitrogens is 1. The van der Waals surface area contributed by atoms with Crippen molar-refractivity contribution in [2.75, 3.05) is 20.7 Å². The zero-order chi connectivity index (χ0) is 25.1. The number of nitrogens with zero attached hydrogens (tertiary/aromatic N) is 2. The van der Waals surface area contributed by atoms with Gasteiger partial charge < -0.3 is 29.2 Å². The van der Waals surface area contributed by atoms with Crippen LogP contribution < -0.4 is 19.9 Å². The number of carbonyl (C=O) groups is 2. The number of fused-ring (bicyclic) bond motifs is 3. The molecule has 0 saturated heterocycles. The van der Waals surface area contributed by atoms with E-state index in [9.17, 15) is 9.59 Å². The van der Waals surface area contributed by atoms with Crippen LogP contribution >= 0.6 is 0 Å². The number of primary amides is 1. The first-order valence-corrected chi connectivity index (χ1v) is 11.4. The standard InChI is InChI=1S/C27H29N3O5/c1-17(2)34-19-10-8-18(9-11-19)12-14-33-23-16-20(35-27(32)29(3)4)15-22-24(23)25(26(28)31)21-7-5-6-13-30(21)22/h5-11,13,15-17H,12,14H2,1-4H3,(H2,28,31). The van der Waals surface area contributed by atoms with E-state index in [0.29, 0.717) is 46.5 Å². The summed E-state index contributed by atoms with van der Waals surface area (Å²) in [5.41, 5.74) is 8.51. The van der Waals surface area contributed by atoms with Crippen molar-refractivity contribution in [1.82, 2.24) is 9.30 Å². The first-order valence-electron chi connectivity index (χ1n) is 11.4. The van der Waals surface area contributed by atoms with Crippen molar-refractivity contribution >= 4 is 28.4 Å². The third-order valence-electron chi connectivity index (χ3n) is 5.44. The normalized spacial score (nSPS) is 11.1. The van der Waals surface area contributed by atoms with Crippen LogP contribution in [0.4, 0.5) is 4.79 Å². The minimum atomic E-state index is -0.563. The van der Waals surface area contributed by atoms with Gasteiger partial charge in [-0.25, -0.2) is 4.79 Å². The summed E-state index contributed by atoms with van der Waals surface area (Å²) in [4.78, 5) is 26.0. The molecular formula is C27H29N3O5. The fourth-order valence-corrected chi connectivity index (χ4v) is 3.90. The minimum absolute atomic E-state index is 0.109. The highest BCUT2D eigenvalue weighted by molar-refractivity contribution is 6.15. The van der Waals surface area contributed by atoms with Crippen molar-refractivity contribution in [1.29, 1.82) is 0 Å². The molecule has 0 radical (unpaired) electrons. The summed E-state index contributed by atoms with van der Waals surface area (Å²) < 4.78 is 19.2. The van der Waals surface area contributed by atoms with Crippen molar-refractivity contribution in [3.8, 4) is 17.2 Å². The molecule has 0 fully saturated rings. The largest absolute Gasteiger partial charge is 0.492 e. The second kappa shape index (κ2) is 9.97. The van der Waals surface area contributed by atoms with Crippen LogP contribution in [0, 0.1) is 0 Å². The summed E-state index contributed by atoms with van der Waals surface area (Å²) in [6.45, 7) is 4.31. The number of benzene rings is 2. The molecule has 4 rings (SSSR count). The van der Waals surface area contributed by atoms with Crippen LogP contribution in [0.1, 0.15) is 29.8 Å². The van der Waals surface area contributed by atoms with E-state index < -0.39 is 12.0 Å². The maximum Gasteiger partial charge on any atom is 0.414 e.